The van der Waals surface area contributed by atoms with Crippen molar-refractivity contribution in [3.63, 3.8) is 0 Å². The summed E-state index contributed by atoms with van der Waals surface area (Å²) in [4.78, 5) is 35.2. The molecule has 25 heavy (non-hydrogen) atoms. The summed E-state index contributed by atoms with van der Waals surface area (Å²) >= 11 is 6.00. The first-order valence-corrected chi connectivity index (χ1v) is 8.08. The fourth-order valence-corrected chi connectivity index (χ4v) is 2.20. The van der Waals surface area contributed by atoms with E-state index in [-0.39, 0.29) is 23.9 Å². The lowest BCUT2D eigenvalue weighted by Gasteiger charge is -2.18. The monoisotopic (exact) mass is 370 g/mol. The lowest BCUT2D eigenvalue weighted by Crippen LogP contribution is -2.39. The molecule has 0 bridgehead atoms. The van der Waals surface area contributed by atoms with Gasteiger partial charge in [-0.3, -0.25) is 9.59 Å². The van der Waals surface area contributed by atoms with E-state index >= 15 is 0 Å². The van der Waals surface area contributed by atoms with Gasteiger partial charge < -0.3 is 20.5 Å². The van der Waals surface area contributed by atoms with Crippen LogP contribution in [0.3, 0.4) is 0 Å². The topological polar surface area (TPSA) is 105 Å². The number of rotatable bonds is 7. The molecule has 1 aromatic rings. The Morgan fingerprint density at radius 3 is 2.40 bits per heavy atom. The molecule has 0 spiro atoms. The molecule has 1 atom stereocenters. The Kier molecular flexibility index (Phi) is 7.23. The van der Waals surface area contributed by atoms with E-state index in [2.05, 4.69) is 10.6 Å². The van der Waals surface area contributed by atoms with Crippen molar-refractivity contribution in [2.75, 3.05) is 13.7 Å². The summed E-state index contributed by atoms with van der Waals surface area (Å²) in [5.74, 6) is -1.48. The van der Waals surface area contributed by atoms with Crippen molar-refractivity contribution in [3.05, 3.63) is 28.8 Å². The second-order valence-electron chi connectivity index (χ2n) is 6.49. The summed E-state index contributed by atoms with van der Waals surface area (Å²) in [5.41, 5.74) is -0.231. The Balaban J connectivity index is 2.69. The Morgan fingerprint density at radius 2 is 1.92 bits per heavy atom. The highest BCUT2D eigenvalue weighted by atomic mass is 35.5. The average molecular weight is 371 g/mol. The maximum atomic E-state index is 12.0. The fourth-order valence-electron chi connectivity index (χ4n) is 1.94. The van der Waals surface area contributed by atoms with Crippen molar-refractivity contribution in [2.45, 2.75) is 33.2 Å². The number of nitrogens with one attached hydrogen (secondary N) is 2. The van der Waals surface area contributed by atoms with Crippen LogP contribution in [0.1, 0.15) is 38.8 Å². The van der Waals surface area contributed by atoms with Crippen molar-refractivity contribution < 1.29 is 24.2 Å². The van der Waals surface area contributed by atoms with Crippen LogP contribution < -0.4 is 15.4 Å². The van der Waals surface area contributed by atoms with Gasteiger partial charge in [-0.15, -0.1) is 0 Å². The molecule has 0 saturated carbocycles. The zero-order chi connectivity index (χ0) is 19.2. The third kappa shape index (κ3) is 6.26. The molecular formula is C17H23ClN2O5. The van der Waals surface area contributed by atoms with E-state index in [1.54, 1.807) is 20.8 Å². The molecule has 0 saturated heterocycles. The number of halogens is 1. The van der Waals surface area contributed by atoms with Crippen LogP contribution >= 0.6 is 11.6 Å². The first-order chi connectivity index (χ1) is 11.6. The fraction of sp³-hybridized carbons (Fsp3) is 0.471. The highest BCUT2D eigenvalue weighted by molar-refractivity contribution is 6.32. The van der Waals surface area contributed by atoms with E-state index in [4.69, 9.17) is 16.3 Å². The van der Waals surface area contributed by atoms with Gasteiger partial charge in [-0.2, -0.15) is 0 Å². The molecule has 1 rings (SSSR count). The average Bonchev–Trinajstić information content (AvgIpc) is 2.51. The number of ether oxygens (including phenoxy) is 1. The number of amides is 2. The Labute approximate surface area is 151 Å². The van der Waals surface area contributed by atoms with Gasteiger partial charge in [0.2, 0.25) is 11.8 Å². The number of carbonyl (C=O) groups excluding carboxylic acids is 2. The summed E-state index contributed by atoms with van der Waals surface area (Å²) < 4.78 is 5.02. The zero-order valence-corrected chi connectivity index (χ0v) is 15.4. The molecule has 0 aliphatic heterocycles. The number of hydrogen-bond donors (Lipinski definition) is 3. The number of carboxylic acids is 1. The molecule has 138 valence electrons. The van der Waals surface area contributed by atoms with E-state index in [0.717, 1.165) is 0 Å². The number of benzene rings is 1. The molecule has 0 aromatic heterocycles. The number of carbonyl (C=O) groups is 3. The van der Waals surface area contributed by atoms with Crippen molar-refractivity contribution in [3.8, 4) is 5.75 Å². The summed E-state index contributed by atoms with van der Waals surface area (Å²) in [7, 11) is 1.45. The van der Waals surface area contributed by atoms with Crippen LogP contribution in [0.4, 0.5) is 0 Å². The van der Waals surface area contributed by atoms with Gasteiger partial charge in [-0.25, -0.2) is 4.79 Å². The molecule has 2 amide bonds. The van der Waals surface area contributed by atoms with Crippen LogP contribution in [0.2, 0.25) is 5.02 Å². The lowest BCUT2D eigenvalue weighted by atomic mass is 9.96. The van der Waals surface area contributed by atoms with Gasteiger partial charge in [0, 0.05) is 18.4 Å². The van der Waals surface area contributed by atoms with Crippen LogP contribution in [0.5, 0.6) is 5.75 Å². The molecule has 3 N–H and O–H groups in total. The Hall–Kier alpha value is -2.28. The minimum absolute atomic E-state index is 0.0323. The van der Waals surface area contributed by atoms with Crippen LogP contribution in [-0.2, 0) is 14.4 Å². The predicted molar refractivity (Wildman–Crippen MR) is 93.6 cm³/mol. The molecule has 1 unspecified atom stereocenters. The molecule has 0 fully saturated rings. The molecule has 0 aliphatic rings. The summed E-state index contributed by atoms with van der Waals surface area (Å²) in [6.07, 6.45) is -0.0323. The number of methoxy groups -OCH3 is 1. The van der Waals surface area contributed by atoms with E-state index in [9.17, 15) is 19.5 Å². The maximum absolute atomic E-state index is 12.0. The predicted octanol–water partition coefficient (Wildman–Crippen LogP) is 2.14. The molecule has 0 aliphatic carbocycles. The van der Waals surface area contributed by atoms with E-state index in [0.29, 0.717) is 11.3 Å². The maximum Gasteiger partial charge on any atom is 0.330 e. The molecular weight excluding hydrogens is 348 g/mol. The van der Waals surface area contributed by atoms with E-state index in [1.807, 2.05) is 0 Å². The van der Waals surface area contributed by atoms with Gasteiger partial charge in [0.1, 0.15) is 5.75 Å². The second-order valence-corrected chi connectivity index (χ2v) is 6.90. The zero-order valence-electron chi connectivity index (χ0n) is 14.7. The van der Waals surface area contributed by atoms with Crippen LogP contribution in [0.25, 0.3) is 0 Å². The molecule has 7 nitrogen and oxygen atoms in total. The summed E-state index contributed by atoms with van der Waals surface area (Å²) in [6, 6.07) is 3.24. The van der Waals surface area contributed by atoms with Crippen molar-refractivity contribution in [1.29, 1.82) is 0 Å². The van der Waals surface area contributed by atoms with Gasteiger partial charge >= 0.3 is 5.97 Å². The van der Waals surface area contributed by atoms with E-state index in [1.165, 1.54) is 25.3 Å². The third-order valence-electron chi connectivity index (χ3n) is 3.38. The standard InChI is InChI=1S/C17H23ClN2O5/c1-17(2,3)16(24)19-8-7-13(21)20-14(15(22)23)10-5-6-12(25-4)11(18)9-10/h5-6,9,14H,7-8H2,1-4H3,(H,19,24)(H,20,21)(H,22,23). The van der Waals surface area contributed by atoms with Gasteiger partial charge in [-0.05, 0) is 17.7 Å². The van der Waals surface area contributed by atoms with Gasteiger partial charge in [-0.1, -0.05) is 38.4 Å². The van der Waals surface area contributed by atoms with E-state index < -0.39 is 23.3 Å². The number of hydrogen-bond acceptors (Lipinski definition) is 4. The van der Waals surface area contributed by atoms with Gasteiger partial charge in [0.15, 0.2) is 6.04 Å². The summed E-state index contributed by atoms with van der Waals surface area (Å²) in [5, 5.41) is 14.7. The quantitative estimate of drug-likeness (QED) is 0.682. The van der Waals surface area contributed by atoms with Crippen LogP contribution in [0.15, 0.2) is 18.2 Å². The third-order valence-corrected chi connectivity index (χ3v) is 3.68. The molecule has 0 radical (unpaired) electrons. The number of aliphatic carboxylic acids is 1. The molecule has 1 aromatic carbocycles. The molecule has 0 heterocycles. The highest BCUT2D eigenvalue weighted by Crippen LogP contribution is 2.27. The second kappa shape index (κ2) is 8.71. The van der Waals surface area contributed by atoms with Crippen molar-refractivity contribution >= 4 is 29.4 Å². The van der Waals surface area contributed by atoms with Crippen LogP contribution in [0, 0.1) is 5.41 Å². The lowest BCUT2D eigenvalue weighted by molar-refractivity contribution is -0.142. The number of carboxylic acid groups (broad SMARTS) is 1. The van der Waals surface area contributed by atoms with Crippen molar-refractivity contribution in [2.24, 2.45) is 5.41 Å². The smallest absolute Gasteiger partial charge is 0.330 e. The highest BCUT2D eigenvalue weighted by Gasteiger charge is 2.24. The van der Waals surface area contributed by atoms with Crippen LogP contribution in [-0.4, -0.2) is 36.5 Å². The SMILES string of the molecule is COc1ccc(C(NC(=O)CCNC(=O)C(C)(C)C)C(=O)O)cc1Cl. The Morgan fingerprint density at radius 1 is 1.28 bits per heavy atom. The first-order valence-electron chi connectivity index (χ1n) is 7.70. The normalized spacial score (nSPS) is 12.2. The first kappa shape index (κ1) is 20.8. The molecule has 8 heteroatoms. The van der Waals surface area contributed by atoms with Gasteiger partial charge in [0.05, 0.1) is 12.1 Å². The van der Waals surface area contributed by atoms with Crippen molar-refractivity contribution in [1.82, 2.24) is 10.6 Å². The minimum Gasteiger partial charge on any atom is -0.495 e. The largest absolute Gasteiger partial charge is 0.495 e. The Bertz CT molecular complexity index is 655. The summed E-state index contributed by atoms with van der Waals surface area (Å²) in [6.45, 7) is 5.40. The van der Waals surface area contributed by atoms with Gasteiger partial charge in [0.25, 0.3) is 0 Å². The minimum atomic E-state index is -1.24.